The highest BCUT2D eigenvalue weighted by Gasteiger charge is 2.19. The number of carbonyl (C=O) groups excluding carboxylic acids is 1. The first-order valence-electron chi connectivity index (χ1n) is 6.87. The number of carbonyl (C=O) groups is 1. The Morgan fingerprint density at radius 2 is 2.04 bits per heavy atom. The molecule has 1 aromatic carbocycles. The number of halogens is 2. The molecule has 1 atom stereocenters. The summed E-state index contributed by atoms with van der Waals surface area (Å²) >= 11 is 11.7. The summed E-state index contributed by atoms with van der Waals surface area (Å²) in [5.74, 6) is -0.378. The molecule has 0 fully saturated rings. The normalized spacial score (nSPS) is 11.8. The van der Waals surface area contributed by atoms with Gasteiger partial charge in [-0.05, 0) is 36.2 Å². The fraction of sp³-hybridized carbons (Fsp3) is 0.267. The summed E-state index contributed by atoms with van der Waals surface area (Å²) in [5, 5.41) is 13.2. The van der Waals surface area contributed by atoms with Crippen molar-refractivity contribution in [3.8, 4) is 0 Å². The first-order valence-corrected chi connectivity index (χ1v) is 7.63. The van der Waals surface area contributed by atoms with Gasteiger partial charge >= 0.3 is 5.97 Å². The maximum atomic E-state index is 12.0. The van der Waals surface area contributed by atoms with Gasteiger partial charge in [-0.3, -0.25) is 0 Å². The summed E-state index contributed by atoms with van der Waals surface area (Å²) in [7, 11) is 0. The lowest BCUT2D eigenvalue weighted by molar-refractivity contribution is 0.0526. The number of hydrogen-bond donors (Lipinski definition) is 2. The van der Waals surface area contributed by atoms with E-state index in [9.17, 15) is 9.90 Å². The molecule has 0 radical (unpaired) electrons. The van der Waals surface area contributed by atoms with Gasteiger partial charge in [-0.1, -0.05) is 23.7 Å². The molecule has 0 aliphatic heterocycles. The van der Waals surface area contributed by atoms with Gasteiger partial charge in [0, 0.05) is 11.2 Å². The summed E-state index contributed by atoms with van der Waals surface area (Å²) in [6.45, 7) is 1.71. The highest BCUT2D eigenvalue weighted by Crippen LogP contribution is 2.23. The van der Waals surface area contributed by atoms with Crippen LogP contribution in [0.15, 0.2) is 30.5 Å². The molecule has 0 saturated heterocycles. The predicted molar refractivity (Wildman–Crippen MR) is 87.9 cm³/mol. The first-order chi connectivity index (χ1) is 11.0. The van der Waals surface area contributed by atoms with Crippen LogP contribution in [0.5, 0.6) is 0 Å². The van der Waals surface area contributed by atoms with Gasteiger partial charge in [-0.15, -0.1) is 0 Å². The molecule has 8 heteroatoms. The minimum atomic E-state index is -0.570. The molecule has 23 heavy (non-hydrogen) atoms. The van der Waals surface area contributed by atoms with Gasteiger partial charge in [0.1, 0.15) is 11.4 Å². The van der Waals surface area contributed by atoms with E-state index >= 15 is 0 Å². The molecule has 0 spiro atoms. The summed E-state index contributed by atoms with van der Waals surface area (Å²) in [6.07, 6.45) is 1.28. The Bertz CT molecular complexity index is 680. The molecular weight excluding hydrogens is 341 g/mol. The maximum absolute atomic E-state index is 12.0. The van der Waals surface area contributed by atoms with E-state index in [1.165, 1.54) is 6.20 Å². The molecule has 1 aromatic heterocycles. The first kappa shape index (κ1) is 17.5. The zero-order chi connectivity index (χ0) is 16.8. The standard InChI is InChI=1S/C15H15Cl2N3O3/c1-2-23-14(22)11-7-18-15(17)20-13(11)19-12(8-21)9-3-5-10(16)6-4-9/h3-7,12,21H,2,8H2,1H3,(H,18,19,20)/t12-/m1/s1. The Hall–Kier alpha value is -1.89. The number of nitrogens with zero attached hydrogens (tertiary/aromatic N) is 2. The summed E-state index contributed by atoms with van der Waals surface area (Å²) < 4.78 is 4.96. The molecular formula is C15H15Cl2N3O3. The number of aliphatic hydroxyl groups excluding tert-OH is 1. The second-order valence-electron chi connectivity index (χ2n) is 4.55. The molecule has 0 unspecified atom stereocenters. The van der Waals surface area contributed by atoms with Gasteiger partial charge in [0.25, 0.3) is 0 Å². The molecule has 6 nitrogen and oxygen atoms in total. The lowest BCUT2D eigenvalue weighted by atomic mass is 10.1. The summed E-state index contributed by atoms with van der Waals surface area (Å²) in [6, 6.07) is 6.46. The van der Waals surface area contributed by atoms with Gasteiger partial charge in [-0.2, -0.15) is 4.98 Å². The SMILES string of the molecule is CCOC(=O)c1cnc(Cl)nc1N[C@H](CO)c1ccc(Cl)cc1. The summed E-state index contributed by atoms with van der Waals surface area (Å²) in [5.41, 5.74) is 0.921. The number of aliphatic hydroxyl groups is 1. The van der Waals surface area contributed by atoms with Gasteiger partial charge in [0.05, 0.1) is 19.3 Å². The smallest absolute Gasteiger partial charge is 0.343 e. The van der Waals surface area contributed by atoms with Crippen molar-refractivity contribution in [3.05, 3.63) is 51.9 Å². The average molecular weight is 356 g/mol. The van der Waals surface area contributed by atoms with Crippen molar-refractivity contribution in [1.29, 1.82) is 0 Å². The van der Waals surface area contributed by atoms with Crippen LogP contribution in [0.2, 0.25) is 10.3 Å². The third kappa shape index (κ3) is 4.54. The van der Waals surface area contributed by atoms with Crippen molar-refractivity contribution in [2.75, 3.05) is 18.5 Å². The Morgan fingerprint density at radius 1 is 1.35 bits per heavy atom. The molecule has 0 amide bonds. The van der Waals surface area contributed by atoms with Crippen LogP contribution in [0, 0.1) is 0 Å². The van der Waals surface area contributed by atoms with Crippen molar-refractivity contribution >= 4 is 35.0 Å². The lowest BCUT2D eigenvalue weighted by Gasteiger charge is -2.19. The van der Waals surface area contributed by atoms with Crippen LogP contribution < -0.4 is 5.32 Å². The van der Waals surface area contributed by atoms with Crippen LogP contribution in [0.25, 0.3) is 0 Å². The van der Waals surface area contributed by atoms with Crippen molar-refractivity contribution in [1.82, 2.24) is 9.97 Å². The van der Waals surface area contributed by atoms with E-state index in [0.717, 1.165) is 5.56 Å². The number of nitrogens with one attached hydrogen (secondary N) is 1. The quantitative estimate of drug-likeness (QED) is 0.611. The fourth-order valence-corrected chi connectivity index (χ4v) is 2.18. The van der Waals surface area contributed by atoms with E-state index < -0.39 is 12.0 Å². The molecule has 2 rings (SSSR count). The minimum Gasteiger partial charge on any atom is -0.462 e. The number of ether oxygens (including phenoxy) is 1. The van der Waals surface area contributed by atoms with Crippen molar-refractivity contribution in [3.63, 3.8) is 0 Å². The third-order valence-electron chi connectivity index (χ3n) is 3.02. The highest BCUT2D eigenvalue weighted by molar-refractivity contribution is 6.30. The van der Waals surface area contributed by atoms with E-state index in [0.29, 0.717) is 5.02 Å². The Kier molecular flexibility index (Phi) is 6.15. The zero-order valence-corrected chi connectivity index (χ0v) is 13.8. The Labute approximate surface area is 143 Å². The molecule has 122 valence electrons. The fourth-order valence-electron chi connectivity index (χ4n) is 1.92. The van der Waals surface area contributed by atoms with Crippen LogP contribution in [-0.4, -0.2) is 34.3 Å². The average Bonchev–Trinajstić information content (AvgIpc) is 2.54. The number of anilines is 1. The Balaban J connectivity index is 2.31. The number of benzene rings is 1. The van der Waals surface area contributed by atoms with Crippen molar-refractivity contribution in [2.24, 2.45) is 0 Å². The van der Waals surface area contributed by atoms with E-state index in [4.69, 9.17) is 27.9 Å². The number of esters is 1. The molecule has 0 aliphatic rings. The van der Waals surface area contributed by atoms with Crippen LogP contribution in [-0.2, 0) is 4.74 Å². The molecule has 2 aromatic rings. The largest absolute Gasteiger partial charge is 0.462 e. The Morgan fingerprint density at radius 3 is 2.65 bits per heavy atom. The van der Waals surface area contributed by atoms with E-state index in [-0.39, 0.29) is 29.9 Å². The van der Waals surface area contributed by atoms with E-state index in [2.05, 4.69) is 15.3 Å². The van der Waals surface area contributed by atoms with Gasteiger partial charge in [0.15, 0.2) is 0 Å². The van der Waals surface area contributed by atoms with Crippen molar-refractivity contribution in [2.45, 2.75) is 13.0 Å². The summed E-state index contributed by atoms with van der Waals surface area (Å²) in [4.78, 5) is 19.8. The number of rotatable bonds is 6. The van der Waals surface area contributed by atoms with Gasteiger partial charge in [-0.25, -0.2) is 9.78 Å². The van der Waals surface area contributed by atoms with Gasteiger partial charge in [0.2, 0.25) is 5.28 Å². The van der Waals surface area contributed by atoms with Crippen LogP contribution in [0.3, 0.4) is 0 Å². The number of aromatic nitrogens is 2. The lowest BCUT2D eigenvalue weighted by Crippen LogP contribution is -2.19. The topological polar surface area (TPSA) is 84.3 Å². The van der Waals surface area contributed by atoms with E-state index in [1.54, 1.807) is 31.2 Å². The molecule has 2 N–H and O–H groups in total. The van der Waals surface area contributed by atoms with Crippen LogP contribution >= 0.6 is 23.2 Å². The molecule has 0 saturated carbocycles. The molecule has 0 bridgehead atoms. The monoisotopic (exact) mass is 355 g/mol. The van der Waals surface area contributed by atoms with Gasteiger partial charge < -0.3 is 15.2 Å². The number of hydrogen-bond acceptors (Lipinski definition) is 6. The highest BCUT2D eigenvalue weighted by atomic mass is 35.5. The zero-order valence-electron chi connectivity index (χ0n) is 12.3. The maximum Gasteiger partial charge on any atom is 0.343 e. The minimum absolute atomic E-state index is 0.0201. The van der Waals surface area contributed by atoms with Crippen LogP contribution in [0.1, 0.15) is 28.9 Å². The molecule has 0 aliphatic carbocycles. The van der Waals surface area contributed by atoms with Crippen molar-refractivity contribution < 1.29 is 14.6 Å². The van der Waals surface area contributed by atoms with E-state index in [1.807, 2.05) is 0 Å². The second kappa shape index (κ2) is 8.10. The second-order valence-corrected chi connectivity index (χ2v) is 5.33. The molecule has 1 heterocycles. The predicted octanol–water partition coefficient (Wildman–Crippen LogP) is 3.11. The van der Waals surface area contributed by atoms with Crippen LogP contribution in [0.4, 0.5) is 5.82 Å². The third-order valence-corrected chi connectivity index (χ3v) is 3.45.